The van der Waals surface area contributed by atoms with Gasteiger partial charge in [0.05, 0.1) is 16.9 Å². The number of benzene rings is 2. The number of nitrogens with two attached hydrogens (primary N) is 1. The number of aryl methyl sites for hydroxylation is 1. The number of amides is 1. The Labute approximate surface area is 161 Å². The second kappa shape index (κ2) is 8.30. The fourth-order valence-corrected chi connectivity index (χ4v) is 3.35. The lowest BCUT2D eigenvalue weighted by Gasteiger charge is -2.06. The van der Waals surface area contributed by atoms with Crippen molar-refractivity contribution in [1.29, 1.82) is 5.26 Å². The van der Waals surface area contributed by atoms with Gasteiger partial charge in [0.2, 0.25) is 0 Å². The molecule has 3 N–H and O–H groups in total. The summed E-state index contributed by atoms with van der Waals surface area (Å²) in [5.41, 5.74) is 9.78. The fraction of sp³-hybridized carbons (Fsp3) is 0.0952. The van der Waals surface area contributed by atoms with Crippen molar-refractivity contribution in [3.8, 4) is 17.3 Å². The molecule has 0 unspecified atom stereocenters. The average molecular weight is 374 g/mol. The maximum absolute atomic E-state index is 11.5. The Balaban J connectivity index is 1.84. The van der Waals surface area contributed by atoms with Gasteiger partial charge in [-0.05, 0) is 24.1 Å². The van der Waals surface area contributed by atoms with Gasteiger partial charge in [-0.15, -0.1) is 11.3 Å². The Morgan fingerprint density at radius 1 is 1.26 bits per heavy atom. The van der Waals surface area contributed by atoms with Crippen LogP contribution in [-0.2, 0) is 6.42 Å². The zero-order valence-electron chi connectivity index (χ0n) is 14.8. The molecule has 0 radical (unpaired) electrons. The topological polar surface area (TPSA) is 91.8 Å². The van der Waals surface area contributed by atoms with E-state index in [0.717, 1.165) is 17.7 Å². The largest absolute Gasteiger partial charge is 0.366 e. The number of anilines is 1. The third-order valence-electron chi connectivity index (χ3n) is 4.08. The monoisotopic (exact) mass is 374 g/mol. The summed E-state index contributed by atoms with van der Waals surface area (Å²) in [6.45, 7) is 2.11. The number of hydrogen-bond acceptors (Lipinski definition) is 5. The maximum atomic E-state index is 11.5. The Bertz CT molecular complexity index is 1030. The zero-order chi connectivity index (χ0) is 19.2. The summed E-state index contributed by atoms with van der Waals surface area (Å²) >= 11 is 1.40. The summed E-state index contributed by atoms with van der Waals surface area (Å²) in [5.74, 6) is -0.530. The third kappa shape index (κ3) is 4.22. The number of hydrogen-bond donors (Lipinski definition) is 2. The number of nitrogens with zero attached hydrogens (tertiary/aromatic N) is 2. The highest BCUT2D eigenvalue weighted by molar-refractivity contribution is 7.11. The van der Waals surface area contributed by atoms with Gasteiger partial charge in [-0.25, -0.2) is 4.98 Å². The molecule has 27 heavy (non-hydrogen) atoms. The first-order chi connectivity index (χ1) is 13.1. The van der Waals surface area contributed by atoms with E-state index in [1.807, 2.05) is 17.5 Å². The number of primary amides is 1. The number of para-hydroxylation sites is 1. The van der Waals surface area contributed by atoms with Crippen LogP contribution in [0.2, 0.25) is 0 Å². The van der Waals surface area contributed by atoms with Gasteiger partial charge in [0.15, 0.2) is 0 Å². The van der Waals surface area contributed by atoms with Crippen LogP contribution in [0.15, 0.2) is 60.1 Å². The molecule has 0 aliphatic rings. The van der Waals surface area contributed by atoms with Crippen LogP contribution in [0.1, 0.15) is 27.9 Å². The van der Waals surface area contributed by atoms with Crippen molar-refractivity contribution in [3.63, 3.8) is 0 Å². The molecule has 0 aliphatic carbocycles. The van der Waals surface area contributed by atoms with E-state index < -0.39 is 5.91 Å². The SMILES string of the molecule is CCc1ccc(-c2csc(/C(C#N)=C/Nc3ccccc3C(N)=O)n2)cc1. The highest BCUT2D eigenvalue weighted by Gasteiger charge is 2.10. The van der Waals surface area contributed by atoms with Crippen LogP contribution in [0.3, 0.4) is 0 Å². The lowest BCUT2D eigenvalue weighted by molar-refractivity contribution is 0.100. The van der Waals surface area contributed by atoms with Gasteiger partial charge in [0, 0.05) is 17.1 Å². The molecule has 3 rings (SSSR count). The summed E-state index contributed by atoms with van der Waals surface area (Å²) in [5, 5.41) is 15.0. The number of carbonyl (C=O) groups is 1. The molecule has 6 heteroatoms. The molecule has 2 aromatic carbocycles. The number of aromatic nitrogens is 1. The molecule has 5 nitrogen and oxygen atoms in total. The van der Waals surface area contributed by atoms with E-state index in [4.69, 9.17) is 5.73 Å². The second-order valence-electron chi connectivity index (χ2n) is 5.81. The number of nitriles is 1. The van der Waals surface area contributed by atoms with Crippen molar-refractivity contribution >= 4 is 28.5 Å². The molecule has 0 bridgehead atoms. The average Bonchev–Trinajstić information content (AvgIpc) is 3.19. The van der Waals surface area contributed by atoms with Crippen molar-refractivity contribution in [2.45, 2.75) is 13.3 Å². The van der Waals surface area contributed by atoms with Crippen molar-refractivity contribution in [2.75, 3.05) is 5.32 Å². The molecule has 0 aliphatic heterocycles. The van der Waals surface area contributed by atoms with Crippen LogP contribution >= 0.6 is 11.3 Å². The number of rotatable bonds is 6. The minimum atomic E-state index is -0.530. The summed E-state index contributed by atoms with van der Waals surface area (Å²) in [7, 11) is 0. The van der Waals surface area contributed by atoms with Crippen LogP contribution in [-0.4, -0.2) is 10.9 Å². The van der Waals surface area contributed by atoms with Gasteiger partial charge < -0.3 is 11.1 Å². The summed E-state index contributed by atoms with van der Waals surface area (Å²) in [6, 6.07) is 17.3. The van der Waals surface area contributed by atoms with E-state index in [2.05, 4.69) is 35.4 Å². The van der Waals surface area contributed by atoms with Crippen LogP contribution in [0, 0.1) is 11.3 Å². The van der Waals surface area contributed by atoms with Gasteiger partial charge >= 0.3 is 0 Å². The Morgan fingerprint density at radius 2 is 2.00 bits per heavy atom. The van der Waals surface area contributed by atoms with Crippen molar-refractivity contribution in [2.24, 2.45) is 5.73 Å². The third-order valence-corrected chi connectivity index (χ3v) is 4.95. The standard InChI is InChI=1S/C21H18N4OS/c1-2-14-7-9-15(10-8-14)19-13-27-21(25-19)16(11-22)12-24-18-6-4-3-5-17(18)20(23)26/h3-10,12-13,24H,2H2,1H3,(H2,23,26)/b16-12+. The Morgan fingerprint density at radius 3 is 2.67 bits per heavy atom. The number of allylic oxidation sites excluding steroid dienone is 1. The number of thiazole rings is 1. The van der Waals surface area contributed by atoms with Crippen LogP contribution in [0.5, 0.6) is 0 Å². The lowest BCUT2D eigenvalue weighted by Crippen LogP contribution is -2.13. The van der Waals surface area contributed by atoms with Crippen LogP contribution in [0.25, 0.3) is 16.8 Å². The van der Waals surface area contributed by atoms with E-state index in [9.17, 15) is 10.1 Å². The van der Waals surface area contributed by atoms with Gasteiger partial charge in [0.25, 0.3) is 5.91 Å². The first kappa shape index (κ1) is 18.4. The lowest BCUT2D eigenvalue weighted by atomic mass is 10.1. The normalized spacial score (nSPS) is 11.0. The summed E-state index contributed by atoms with van der Waals surface area (Å²) < 4.78 is 0. The molecule has 0 atom stereocenters. The van der Waals surface area contributed by atoms with E-state index in [1.165, 1.54) is 16.9 Å². The number of nitrogens with one attached hydrogen (secondary N) is 1. The van der Waals surface area contributed by atoms with E-state index in [1.54, 1.807) is 30.5 Å². The van der Waals surface area contributed by atoms with Gasteiger partial charge in [-0.1, -0.05) is 43.3 Å². The minimum absolute atomic E-state index is 0.363. The van der Waals surface area contributed by atoms with Crippen molar-refractivity contribution in [1.82, 2.24) is 4.98 Å². The first-order valence-electron chi connectivity index (χ1n) is 8.43. The molecule has 1 amide bonds. The molecule has 1 heterocycles. The molecule has 0 fully saturated rings. The van der Waals surface area contributed by atoms with E-state index in [-0.39, 0.29) is 0 Å². The minimum Gasteiger partial charge on any atom is -0.366 e. The van der Waals surface area contributed by atoms with Gasteiger partial charge in [-0.3, -0.25) is 4.79 Å². The maximum Gasteiger partial charge on any atom is 0.250 e. The summed E-state index contributed by atoms with van der Waals surface area (Å²) in [6.07, 6.45) is 2.53. The molecule has 0 saturated heterocycles. The predicted molar refractivity (Wildman–Crippen MR) is 109 cm³/mol. The predicted octanol–water partition coefficient (Wildman–Crippen LogP) is 4.45. The first-order valence-corrected chi connectivity index (χ1v) is 9.31. The zero-order valence-corrected chi connectivity index (χ0v) is 15.6. The Kier molecular flexibility index (Phi) is 5.64. The molecule has 0 saturated carbocycles. The van der Waals surface area contributed by atoms with E-state index >= 15 is 0 Å². The molecular formula is C21H18N4OS. The van der Waals surface area contributed by atoms with Crippen LogP contribution in [0.4, 0.5) is 5.69 Å². The molecule has 0 spiro atoms. The van der Waals surface area contributed by atoms with Crippen molar-refractivity contribution in [3.05, 3.63) is 76.2 Å². The molecular weight excluding hydrogens is 356 g/mol. The van der Waals surface area contributed by atoms with Crippen LogP contribution < -0.4 is 11.1 Å². The summed E-state index contributed by atoms with van der Waals surface area (Å²) in [4.78, 5) is 16.1. The quantitative estimate of drug-likeness (QED) is 0.624. The van der Waals surface area contributed by atoms with Gasteiger partial charge in [-0.2, -0.15) is 5.26 Å². The van der Waals surface area contributed by atoms with E-state index in [0.29, 0.717) is 21.8 Å². The molecule has 3 aromatic rings. The van der Waals surface area contributed by atoms with Gasteiger partial charge in [0.1, 0.15) is 16.6 Å². The second-order valence-corrected chi connectivity index (χ2v) is 6.67. The fourth-order valence-electron chi connectivity index (χ4n) is 2.56. The van der Waals surface area contributed by atoms with Crippen molar-refractivity contribution < 1.29 is 4.79 Å². The number of carbonyl (C=O) groups excluding carboxylic acids is 1. The highest BCUT2D eigenvalue weighted by atomic mass is 32.1. The molecule has 134 valence electrons. The molecule has 1 aromatic heterocycles. The smallest absolute Gasteiger partial charge is 0.250 e. The highest BCUT2D eigenvalue weighted by Crippen LogP contribution is 2.26. The Hall–Kier alpha value is -3.43.